The molecule has 0 aliphatic carbocycles. The van der Waals surface area contributed by atoms with Crippen LogP contribution in [0, 0.1) is 9.49 Å². The van der Waals surface area contributed by atoms with E-state index in [0.717, 1.165) is 0 Å². The van der Waals surface area contributed by atoms with Crippen LogP contribution in [0.3, 0.4) is 0 Å². The number of methoxy groups -OCH3 is 1. The van der Waals surface area contributed by atoms with Gasteiger partial charge in [-0.15, -0.1) is 0 Å². The molecule has 1 atom stereocenters. The molecule has 37 heavy (non-hydrogen) atoms. The van der Waals surface area contributed by atoms with Crippen LogP contribution >= 0.6 is 22.6 Å². The fourth-order valence-corrected chi connectivity index (χ4v) is 3.92. The summed E-state index contributed by atoms with van der Waals surface area (Å²) in [7, 11) is 1.54. The average molecular weight is 625 g/mol. The molecule has 0 bridgehead atoms. The van der Waals surface area contributed by atoms with E-state index in [0.29, 0.717) is 38.6 Å². The van der Waals surface area contributed by atoms with Crippen LogP contribution in [0.15, 0.2) is 41.5 Å². The Hall–Kier alpha value is -3.35. The lowest BCUT2D eigenvalue weighted by molar-refractivity contribution is -0.145. The molecule has 200 valence electrons. The molecule has 0 radical (unpaired) electrons. The lowest BCUT2D eigenvalue weighted by Gasteiger charge is -2.20. The summed E-state index contributed by atoms with van der Waals surface area (Å²) in [5, 5.41) is 6.80. The lowest BCUT2D eigenvalue weighted by atomic mass is 10.0. The molecule has 2 rings (SSSR count). The highest BCUT2D eigenvalue weighted by Crippen LogP contribution is 2.34. The number of amides is 2. The Morgan fingerprint density at radius 2 is 1.76 bits per heavy atom. The molecule has 2 N–H and O–H groups in total. The number of nitrogens with one attached hydrogen (secondary N) is 2. The minimum Gasteiger partial charge on any atom is -0.497 e. The summed E-state index contributed by atoms with van der Waals surface area (Å²) < 4.78 is 22.0. The highest BCUT2D eigenvalue weighted by atomic mass is 127. The molecule has 0 aromatic heterocycles. The van der Waals surface area contributed by atoms with Crippen molar-refractivity contribution in [1.29, 1.82) is 0 Å². The zero-order chi connectivity index (χ0) is 27.4. The number of esters is 1. The van der Waals surface area contributed by atoms with Crippen LogP contribution in [-0.2, 0) is 14.3 Å². The molecule has 2 aromatic carbocycles. The quantitative estimate of drug-likeness (QED) is 0.151. The van der Waals surface area contributed by atoms with Crippen molar-refractivity contribution in [2.45, 2.75) is 33.7 Å². The maximum atomic E-state index is 12.8. The van der Waals surface area contributed by atoms with Gasteiger partial charge in [-0.3, -0.25) is 9.59 Å². The van der Waals surface area contributed by atoms with E-state index in [9.17, 15) is 14.4 Å². The summed E-state index contributed by atoms with van der Waals surface area (Å²) >= 11 is 2.07. The Labute approximate surface area is 230 Å². The summed E-state index contributed by atoms with van der Waals surface area (Å²) in [6.07, 6.45) is 1.46. The molecule has 2 aromatic rings. The van der Waals surface area contributed by atoms with E-state index >= 15 is 0 Å². The second-order valence-electron chi connectivity index (χ2n) is 8.01. The Balaban J connectivity index is 2.09. The number of carbonyl (C=O) groups excluding carboxylic acids is 3. The Morgan fingerprint density at radius 1 is 1.05 bits per heavy atom. The third-order valence-electron chi connectivity index (χ3n) is 4.95. The first kappa shape index (κ1) is 29.9. The SMILES string of the molecule is CCOC(=O)COc1c(I)cc(C=NNC(=O)C(NC(=O)c2ccc(OC)cc2)C(C)C)cc1OCC. The average Bonchev–Trinajstić information content (AvgIpc) is 2.86. The van der Waals surface area contributed by atoms with Gasteiger partial charge >= 0.3 is 5.97 Å². The molecule has 11 heteroatoms. The molecule has 1 unspecified atom stereocenters. The molecule has 0 spiro atoms. The van der Waals surface area contributed by atoms with Gasteiger partial charge in [0.15, 0.2) is 18.1 Å². The minimum absolute atomic E-state index is 0.182. The normalized spacial score (nSPS) is 11.6. The molecule has 0 saturated carbocycles. The number of ether oxygens (including phenoxy) is 4. The standard InChI is InChI=1S/C26H32IN3O7/c1-6-35-21-13-17(12-20(27)24(21)37-15-22(31)36-7-2)14-28-30-26(33)23(16(3)4)29-25(32)18-8-10-19(34-5)11-9-18/h8-14,16,23H,6-7,15H2,1-5H3,(H,29,32)(H,30,33). The predicted octanol–water partition coefficient (Wildman–Crippen LogP) is 3.55. The molecule has 10 nitrogen and oxygen atoms in total. The van der Waals surface area contributed by atoms with Crippen molar-refractivity contribution < 1.29 is 33.3 Å². The topological polar surface area (TPSA) is 125 Å². The number of rotatable bonds is 13. The van der Waals surface area contributed by atoms with Crippen LogP contribution in [0.25, 0.3) is 0 Å². The van der Waals surface area contributed by atoms with E-state index < -0.39 is 17.9 Å². The number of nitrogens with zero attached hydrogens (tertiary/aromatic N) is 1. The second-order valence-corrected chi connectivity index (χ2v) is 9.18. The summed E-state index contributed by atoms with van der Waals surface area (Å²) in [5.74, 6) is -0.0236. The number of hydrogen-bond acceptors (Lipinski definition) is 8. The van der Waals surface area contributed by atoms with Gasteiger partial charge in [-0.05, 0) is 84.3 Å². The second kappa shape index (κ2) is 15.0. The molecule has 0 aliphatic rings. The highest BCUT2D eigenvalue weighted by Gasteiger charge is 2.24. The van der Waals surface area contributed by atoms with Crippen molar-refractivity contribution in [2.24, 2.45) is 11.0 Å². The van der Waals surface area contributed by atoms with E-state index in [4.69, 9.17) is 18.9 Å². The predicted molar refractivity (Wildman–Crippen MR) is 147 cm³/mol. The largest absolute Gasteiger partial charge is 0.497 e. The van der Waals surface area contributed by atoms with Gasteiger partial charge in [0.1, 0.15) is 11.8 Å². The van der Waals surface area contributed by atoms with Crippen molar-refractivity contribution >= 4 is 46.6 Å². The molecule has 0 fully saturated rings. The van der Waals surface area contributed by atoms with Gasteiger partial charge in [-0.1, -0.05) is 13.8 Å². The fraction of sp³-hybridized carbons (Fsp3) is 0.385. The number of hydrogen-bond donors (Lipinski definition) is 2. The third kappa shape index (κ3) is 9.23. The fourth-order valence-electron chi connectivity index (χ4n) is 3.14. The molecule has 0 aliphatic heterocycles. The van der Waals surface area contributed by atoms with Gasteiger partial charge in [-0.2, -0.15) is 5.10 Å². The summed E-state index contributed by atoms with van der Waals surface area (Å²) in [6, 6.07) is 9.25. The maximum Gasteiger partial charge on any atom is 0.344 e. The van der Waals surface area contributed by atoms with Gasteiger partial charge in [0.25, 0.3) is 11.8 Å². The van der Waals surface area contributed by atoms with Crippen LogP contribution in [0.2, 0.25) is 0 Å². The number of carbonyl (C=O) groups is 3. The van der Waals surface area contributed by atoms with Gasteiger partial charge in [-0.25, -0.2) is 10.2 Å². The van der Waals surface area contributed by atoms with Crippen LogP contribution in [0.5, 0.6) is 17.2 Å². The zero-order valence-electron chi connectivity index (χ0n) is 21.5. The minimum atomic E-state index is -0.801. The van der Waals surface area contributed by atoms with Crippen molar-refractivity contribution in [2.75, 3.05) is 26.9 Å². The van der Waals surface area contributed by atoms with E-state index in [1.807, 2.05) is 20.8 Å². The lowest BCUT2D eigenvalue weighted by Crippen LogP contribution is -2.48. The highest BCUT2D eigenvalue weighted by molar-refractivity contribution is 14.1. The number of hydrazone groups is 1. The summed E-state index contributed by atoms with van der Waals surface area (Å²) in [6.45, 7) is 7.61. The Kier molecular flexibility index (Phi) is 12.1. The monoisotopic (exact) mass is 625 g/mol. The first-order valence-corrected chi connectivity index (χ1v) is 12.8. The van der Waals surface area contributed by atoms with Crippen LogP contribution in [0.1, 0.15) is 43.6 Å². The van der Waals surface area contributed by atoms with Crippen LogP contribution < -0.4 is 25.0 Å². The zero-order valence-corrected chi connectivity index (χ0v) is 23.7. The number of halogens is 1. The first-order chi connectivity index (χ1) is 17.7. The van der Waals surface area contributed by atoms with Gasteiger partial charge < -0.3 is 24.3 Å². The summed E-state index contributed by atoms with van der Waals surface area (Å²) in [5.41, 5.74) is 3.53. The van der Waals surface area contributed by atoms with Crippen molar-refractivity contribution in [3.05, 3.63) is 51.1 Å². The summed E-state index contributed by atoms with van der Waals surface area (Å²) in [4.78, 5) is 37.1. The molecule has 2 amide bonds. The van der Waals surface area contributed by atoms with E-state index in [1.165, 1.54) is 6.21 Å². The smallest absolute Gasteiger partial charge is 0.344 e. The molecule has 0 saturated heterocycles. The Bertz CT molecular complexity index is 1100. The maximum absolute atomic E-state index is 12.8. The van der Waals surface area contributed by atoms with Gasteiger partial charge in [0.2, 0.25) is 0 Å². The van der Waals surface area contributed by atoms with Crippen LogP contribution in [0.4, 0.5) is 0 Å². The van der Waals surface area contributed by atoms with E-state index in [2.05, 4.69) is 38.4 Å². The van der Waals surface area contributed by atoms with Crippen molar-refractivity contribution in [1.82, 2.24) is 10.7 Å². The molecular weight excluding hydrogens is 593 g/mol. The van der Waals surface area contributed by atoms with Gasteiger partial charge in [0.05, 0.1) is 30.1 Å². The number of benzene rings is 2. The van der Waals surface area contributed by atoms with E-state index in [-0.39, 0.29) is 25.0 Å². The Morgan fingerprint density at radius 3 is 2.35 bits per heavy atom. The molecule has 0 heterocycles. The van der Waals surface area contributed by atoms with Crippen molar-refractivity contribution in [3.8, 4) is 17.2 Å². The van der Waals surface area contributed by atoms with E-state index in [1.54, 1.807) is 50.4 Å². The van der Waals surface area contributed by atoms with Gasteiger partial charge in [0, 0.05) is 5.56 Å². The molecular formula is C26H32IN3O7. The first-order valence-electron chi connectivity index (χ1n) is 11.7. The van der Waals surface area contributed by atoms with Crippen molar-refractivity contribution in [3.63, 3.8) is 0 Å². The third-order valence-corrected chi connectivity index (χ3v) is 5.75. The van der Waals surface area contributed by atoms with Crippen LogP contribution in [-0.4, -0.2) is 57.0 Å².